The lowest BCUT2D eigenvalue weighted by Gasteiger charge is -2.18. The van der Waals surface area contributed by atoms with Crippen LogP contribution in [0.5, 0.6) is 0 Å². The van der Waals surface area contributed by atoms with Gasteiger partial charge >= 0.3 is 5.97 Å². The van der Waals surface area contributed by atoms with Crippen molar-refractivity contribution in [2.24, 2.45) is 0 Å². The Morgan fingerprint density at radius 3 is 2.05 bits per heavy atom. The third-order valence-corrected chi connectivity index (χ3v) is 4.50. The molecule has 0 aliphatic heterocycles. The molecule has 0 bridgehead atoms. The van der Waals surface area contributed by atoms with E-state index in [9.17, 15) is 4.79 Å². The summed E-state index contributed by atoms with van der Waals surface area (Å²) in [5.74, 6) is 0.0104. The van der Waals surface area contributed by atoms with Crippen LogP contribution in [0.4, 0.5) is 0 Å². The molecule has 0 heterocycles. The molecule has 0 fully saturated rings. The number of carbonyl (C=O) groups is 1. The summed E-state index contributed by atoms with van der Waals surface area (Å²) in [6.45, 7) is 2.27. The van der Waals surface area contributed by atoms with Crippen LogP contribution >= 0.6 is 0 Å². The molecule has 2 heteroatoms. The van der Waals surface area contributed by atoms with Gasteiger partial charge in [-0.05, 0) is 19.3 Å². The van der Waals surface area contributed by atoms with Gasteiger partial charge in [-0.15, -0.1) is 0 Å². The molecule has 22 heavy (non-hydrogen) atoms. The van der Waals surface area contributed by atoms with E-state index in [1.165, 1.54) is 64.2 Å². The van der Waals surface area contributed by atoms with Crippen LogP contribution in [0.25, 0.3) is 0 Å². The maximum Gasteiger partial charge on any atom is 0.306 e. The maximum atomic E-state index is 11.7. The van der Waals surface area contributed by atoms with E-state index in [0.29, 0.717) is 6.42 Å². The smallest absolute Gasteiger partial charge is 0.306 e. The fourth-order valence-electron chi connectivity index (χ4n) is 3.05. The summed E-state index contributed by atoms with van der Waals surface area (Å²) in [5, 5.41) is 0. The van der Waals surface area contributed by atoms with E-state index in [1.54, 1.807) is 0 Å². The highest BCUT2D eigenvalue weighted by molar-refractivity contribution is 5.69. The van der Waals surface area contributed by atoms with Crippen LogP contribution in [0.1, 0.15) is 103 Å². The van der Waals surface area contributed by atoms with Gasteiger partial charge in [0, 0.05) is 12.8 Å². The predicted molar refractivity (Wildman–Crippen MR) is 93.9 cm³/mol. The first-order valence-electron chi connectivity index (χ1n) is 9.67. The van der Waals surface area contributed by atoms with Crippen LogP contribution < -0.4 is 0 Å². The van der Waals surface area contributed by atoms with Gasteiger partial charge in [-0.1, -0.05) is 83.3 Å². The molecule has 0 saturated carbocycles. The van der Waals surface area contributed by atoms with Crippen molar-refractivity contribution in [3.63, 3.8) is 0 Å². The minimum Gasteiger partial charge on any atom is -0.462 e. The Kier molecular flexibility index (Phi) is 12.1. The van der Waals surface area contributed by atoms with Gasteiger partial charge < -0.3 is 4.74 Å². The van der Waals surface area contributed by atoms with Crippen molar-refractivity contribution >= 4 is 5.97 Å². The molecule has 1 atom stereocenters. The second-order valence-corrected chi connectivity index (χ2v) is 6.68. The summed E-state index contributed by atoms with van der Waals surface area (Å²) in [6.07, 6.45) is 22.5. The Morgan fingerprint density at radius 2 is 1.50 bits per heavy atom. The monoisotopic (exact) mass is 308 g/mol. The van der Waals surface area contributed by atoms with E-state index in [2.05, 4.69) is 19.1 Å². The second-order valence-electron chi connectivity index (χ2n) is 6.68. The first-order valence-corrected chi connectivity index (χ1v) is 9.67. The van der Waals surface area contributed by atoms with Crippen molar-refractivity contribution in [2.75, 3.05) is 0 Å². The van der Waals surface area contributed by atoms with E-state index in [4.69, 9.17) is 4.74 Å². The van der Waals surface area contributed by atoms with Crippen LogP contribution in [-0.2, 0) is 9.53 Å². The van der Waals surface area contributed by atoms with Gasteiger partial charge in [0.25, 0.3) is 0 Å². The van der Waals surface area contributed by atoms with Crippen molar-refractivity contribution in [3.05, 3.63) is 12.2 Å². The largest absolute Gasteiger partial charge is 0.462 e. The topological polar surface area (TPSA) is 26.3 Å². The molecule has 0 aromatic carbocycles. The van der Waals surface area contributed by atoms with Crippen LogP contribution in [0.3, 0.4) is 0 Å². The molecule has 0 radical (unpaired) electrons. The number of hydrogen-bond acceptors (Lipinski definition) is 2. The summed E-state index contributed by atoms with van der Waals surface area (Å²) in [5.41, 5.74) is 0. The molecule has 1 unspecified atom stereocenters. The van der Waals surface area contributed by atoms with Gasteiger partial charge in [-0.25, -0.2) is 0 Å². The summed E-state index contributed by atoms with van der Waals surface area (Å²) in [6, 6.07) is 0. The van der Waals surface area contributed by atoms with Gasteiger partial charge in [0.15, 0.2) is 0 Å². The zero-order valence-corrected chi connectivity index (χ0v) is 14.7. The Balaban J connectivity index is 1.80. The number of ether oxygens (including phenoxy) is 1. The number of rotatable bonds is 13. The second kappa shape index (κ2) is 13.8. The Bertz CT molecular complexity index is 296. The highest BCUT2D eigenvalue weighted by Crippen LogP contribution is 2.16. The minimum atomic E-state index is 0.0104. The van der Waals surface area contributed by atoms with Crippen LogP contribution in [-0.4, -0.2) is 12.1 Å². The van der Waals surface area contributed by atoms with E-state index >= 15 is 0 Å². The van der Waals surface area contributed by atoms with Crippen LogP contribution in [0.2, 0.25) is 0 Å². The molecular formula is C20H36O2. The van der Waals surface area contributed by atoms with Gasteiger partial charge in [0.1, 0.15) is 6.10 Å². The van der Waals surface area contributed by atoms with Crippen molar-refractivity contribution in [1.29, 1.82) is 0 Å². The standard InChI is InChI=1S/C20H36O2/c1-2-3-4-5-6-7-8-9-10-11-15-18-20(21)22-19-16-13-12-14-17-19/h12-13,19H,2-11,14-18H2,1H3. The van der Waals surface area contributed by atoms with Crippen molar-refractivity contribution in [2.45, 2.75) is 109 Å². The molecule has 0 saturated heterocycles. The molecule has 2 nitrogen and oxygen atoms in total. The Hall–Kier alpha value is -0.790. The van der Waals surface area contributed by atoms with Gasteiger partial charge in [-0.3, -0.25) is 4.79 Å². The SMILES string of the molecule is CCCCCCCCCCCCCC(=O)OC1CC=CCC1. The first kappa shape index (κ1) is 19.3. The third kappa shape index (κ3) is 10.9. The maximum absolute atomic E-state index is 11.7. The molecule has 1 aliphatic carbocycles. The minimum absolute atomic E-state index is 0.0104. The van der Waals surface area contributed by atoms with Crippen molar-refractivity contribution < 1.29 is 9.53 Å². The van der Waals surface area contributed by atoms with E-state index in [-0.39, 0.29) is 12.1 Å². The fourth-order valence-corrected chi connectivity index (χ4v) is 3.05. The number of carbonyl (C=O) groups excluding carboxylic acids is 1. The molecular weight excluding hydrogens is 272 g/mol. The van der Waals surface area contributed by atoms with Crippen molar-refractivity contribution in [1.82, 2.24) is 0 Å². The normalized spacial score (nSPS) is 17.6. The molecule has 1 rings (SSSR count). The number of unbranched alkanes of at least 4 members (excludes halogenated alkanes) is 10. The van der Waals surface area contributed by atoms with Crippen molar-refractivity contribution in [3.8, 4) is 0 Å². The predicted octanol–water partition coefficient (Wildman–Crippen LogP) is 6.34. The quantitative estimate of drug-likeness (QED) is 0.225. The number of esters is 1. The molecule has 0 aromatic heterocycles. The molecule has 0 N–H and O–H groups in total. The summed E-state index contributed by atoms with van der Waals surface area (Å²) < 4.78 is 5.49. The fraction of sp³-hybridized carbons (Fsp3) is 0.850. The highest BCUT2D eigenvalue weighted by Gasteiger charge is 2.14. The zero-order valence-electron chi connectivity index (χ0n) is 14.7. The Morgan fingerprint density at radius 1 is 0.909 bits per heavy atom. The zero-order chi connectivity index (χ0) is 15.9. The first-order chi connectivity index (χ1) is 10.8. The molecule has 1 aliphatic rings. The average Bonchev–Trinajstić information content (AvgIpc) is 2.53. The lowest BCUT2D eigenvalue weighted by Crippen LogP contribution is -2.18. The molecule has 128 valence electrons. The van der Waals surface area contributed by atoms with E-state index in [1.807, 2.05) is 0 Å². The Labute approximate surface area is 137 Å². The van der Waals surface area contributed by atoms with E-state index < -0.39 is 0 Å². The summed E-state index contributed by atoms with van der Waals surface area (Å²) in [7, 11) is 0. The van der Waals surface area contributed by atoms with E-state index in [0.717, 1.165) is 25.7 Å². The third-order valence-electron chi connectivity index (χ3n) is 4.50. The van der Waals surface area contributed by atoms with Crippen LogP contribution in [0, 0.1) is 0 Å². The van der Waals surface area contributed by atoms with Gasteiger partial charge in [-0.2, -0.15) is 0 Å². The van der Waals surface area contributed by atoms with Crippen LogP contribution in [0.15, 0.2) is 12.2 Å². The lowest BCUT2D eigenvalue weighted by atomic mass is 10.0. The molecule has 0 spiro atoms. The average molecular weight is 309 g/mol. The molecule has 0 amide bonds. The lowest BCUT2D eigenvalue weighted by molar-refractivity contribution is -0.149. The molecule has 0 aromatic rings. The van der Waals surface area contributed by atoms with Gasteiger partial charge in [0.05, 0.1) is 0 Å². The number of hydrogen-bond donors (Lipinski definition) is 0. The summed E-state index contributed by atoms with van der Waals surface area (Å²) in [4.78, 5) is 11.7. The number of allylic oxidation sites excluding steroid dienone is 1. The van der Waals surface area contributed by atoms with Gasteiger partial charge in [0.2, 0.25) is 0 Å². The highest BCUT2D eigenvalue weighted by atomic mass is 16.5. The summed E-state index contributed by atoms with van der Waals surface area (Å²) >= 11 is 0.